The Labute approximate surface area is 197 Å². The number of rotatable bonds is 7. The molecule has 1 amide bonds. The van der Waals surface area contributed by atoms with Crippen molar-refractivity contribution >= 4 is 35.8 Å². The molecule has 0 atom stereocenters. The first-order valence-electron chi connectivity index (χ1n) is 9.79. The third kappa shape index (κ3) is 9.02. The van der Waals surface area contributed by atoms with Crippen LogP contribution in [0.1, 0.15) is 36.7 Å². The fourth-order valence-electron chi connectivity index (χ4n) is 2.72. The summed E-state index contributed by atoms with van der Waals surface area (Å²) in [7, 11) is 3.72. The fraction of sp³-hybridized carbons (Fsp3) is 0.391. The van der Waals surface area contributed by atoms with Gasteiger partial charge in [-0.25, -0.2) is 0 Å². The molecule has 0 fully saturated rings. The van der Waals surface area contributed by atoms with Gasteiger partial charge in [0, 0.05) is 31.7 Å². The number of amides is 1. The molecule has 0 aliphatic heterocycles. The number of hydrogen-bond acceptors (Lipinski definition) is 3. The van der Waals surface area contributed by atoms with Gasteiger partial charge >= 0.3 is 0 Å². The number of halogens is 1. The van der Waals surface area contributed by atoms with Crippen molar-refractivity contribution in [3.63, 3.8) is 0 Å². The second kappa shape index (κ2) is 12.4. The molecule has 0 saturated carbocycles. The molecule has 0 radical (unpaired) electrons. The monoisotopic (exact) mass is 524 g/mol. The van der Waals surface area contributed by atoms with Gasteiger partial charge in [-0.2, -0.15) is 0 Å². The number of ether oxygens (including phenoxy) is 1. The van der Waals surface area contributed by atoms with E-state index >= 15 is 0 Å². The number of benzene rings is 2. The number of nitrogens with zero attached hydrogens (tertiary/aromatic N) is 2. The molecule has 0 spiro atoms. The lowest BCUT2D eigenvalue weighted by Crippen LogP contribution is -2.41. The third-order valence-electron chi connectivity index (χ3n) is 4.14. The van der Waals surface area contributed by atoms with Crippen LogP contribution in [0, 0.1) is 0 Å². The molecular formula is C23H33IN4O2. The molecule has 0 aliphatic carbocycles. The van der Waals surface area contributed by atoms with E-state index in [-0.39, 0.29) is 35.4 Å². The largest absolute Gasteiger partial charge is 0.492 e. The van der Waals surface area contributed by atoms with Gasteiger partial charge in [-0.1, -0.05) is 30.3 Å². The molecular weight excluding hydrogens is 491 g/mol. The highest BCUT2D eigenvalue weighted by Crippen LogP contribution is 2.09. The summed E-state index contributed by atoms with van der Waals surface area (Å²) >= 11 is 0. The van der Waals surface area contributed by atoms with Crippen molar-refractivity contribution in [1.82, 2.24) is 15.5 Å². The van der Waals surface area contributed by atoms with Gasteiger partial charge in [0.05, 0.1) is 6.54 Å². The quantitative estimate of drug-likeness (QED) is 0.328. The lowest BCUT2D eigenvalue weighted by Gasteiger charge is -2.22. The van der Waals surface area contributed by atoms with E-state index in [9.17, 15) is 4.79 Å². The average molecular weight is 524 g/mol. The van der Waals surface area contributed by atoms with E-state index < -0.39 is 0 Å². The number of nitrogens with one attached hydrogen (secondary N) is 2. The average Bonchev–Trinajstić information content (AvgIpc) is 2.68. The first-order valence-corrected chi connectivity index (χ1v) is 9.79. The standard InChI is InChI=1S/C23H32N4O2.HI/c1-23(2,3)26-21(28)19-11-9-10-18(16-19)17-25-22(24-4)27(5)14-15-29-20-12-7-6-8-13-20;/h6-13,16H,14-15,17H2,1-5H3,(H,24,25)(H,26,28);1H. The summed E-state index contributed by atoms with van der Waals surface area (Å²) in [5, 5.41) is 6.33. The Morgan fingerprint density at radius 2 is 1.80 bits per heavy atom. The topological polar surface area (TPSA) is 66.0 Å². The van der Waals surface area contributed by atoms with Gasteiger partial charge < -0.3 is 20.3 Å². The van der Waals surface area contributed by atoms with Crippen LogP contribution in [0.4, 0.5) is 0 Å². The number of hydrogen-bond donors (Lipinski definition) is 2. The number of likely N-dealkylation sites (N-methyl/N-ethyl adjacent to an activating group) is 1. The van der Waals surface area contributed by atoms with E-state index in [0.717, 1.165) is 17.3 Å². The van der Waals surface area contributed by atoms with Crippen LogP contribution in [0.5, 0.6) is 5.75 Å². The second-order valence-electron chi connectivity index (χ2n) is 7.89. The second-order valence-corrected chi connectivity index (χ2v) is 7.89. The van der Waals surface area contributed by atoms with Crippen LogP contribution < -0.4 is 15.4 Å². The molecule has 0 heterocycles. The molecule has 7 heteroatoms. The minimum Gasteiger partial charge on any atom is -0.492 e. The van der Waals surface area contributed by atoms with E-state index in [0.29, 0.717) is 25.3 Å². The SMILES string of the molecule is CN=C(NCc1cccc(C(=O)NC(C)(C)C)c1)N(C)CCOc1ccccc1.I. The van der Waals surface area contributed by atoms with E-state index in [2.05, 4.69) is 15.6 Å². The van der Waals surface area contributed by atoms with E-state index in [1.807, 2.05) is 87.3 Å². The first kappa shape index (κ1) is 25.7. The molecule has 6 nitrogen and oxygen atoms in total. The highest BCUT2D eigenvalue weighted by Gasteiger charge is 2.15. The van der Waals surface area contributed by atoms with Crippen LogP contribution in [0.2, 0.25) is 0 Å². The number of aliphatic imine (C=N–C) groups is 1. The van der Waals surface area contributed by atoms with Crippen molar-refractivity contribution in [1.29, 1.82) is 0 Å². The van der Waals surface area contributed by atoms with Gasteiger partial charge in [0.1, 0.15) is 12.4 Å². The number of para-hydroxylation sites is 1. The predicted octanol–water partition coefficient (Wildman–Crippen LogP) is 3.92. The maximum atomic E-state index is 12.4. The van der Waals surface area contributed by atoms with E-state index in [1.54, 1.807) is 7.05 Å². The molecule has 2 aromatic carbocycles. The van der Waals surface area contributed by atoms with Crippen LogP contribution in [0.15, 0.2) is 59.6 Å². The predicted molar refractivity (Wildman–Crippen MR) is 134 cm³/mol. The van der Waals surface area contributed by atoms with Gasteiger partial charge in [-0.15, -0.1) is 24.0 Å². The Morgan fingerprint density at radius 3 is 2.43 bits per heavy atom. The number of carbonyl (C=O) groups excluding carboxylic acids is 1. The summed E-state index contributed by atoms with van der Waals surface area (Å²) in [6.45, 7) is 7.74. The minimum atomic E-state index is -0.266. The molecule has 0 aliphatic rings. The molecule has 2 rings (SSSR count). The van der Waals surface area contributed by atoms with Crippen molar-refractivity contribution in [3.05, 3.63) is 65.7 Å². The van der Waals surface area contributed by atoms with Crippen molar-refractivity contribution in [2.75, 3.05) is 27.2 Å². The number of carbonyl (C=O) groups is 1. The summed E-state index contributed by atoms with van der Waals surface area (Å²) in [6, 6.07) is 17.4. The molecule has 30 heavy (non-hydrogen) atoms. The zero-order chi connectivity index (χ0) is 21.3. The highest BCUT2D eigenvalue weighted by molar-refractivity contribution is 14.0. The molecule has 0 unspecified atom stereocenters. The van der Waals surface area contributed by atoms with Crippen molar-refractivity contribution < 1.29 is 9.53 Å². The first-order chi connectivity index (χ1) is 13.8. The summed E-state index contributed by atoms with van der Waals surface area (Å²) in [6.07, 6.45) is 0. The Morgan fingerprint density at radius 1 is 1.10 bits per heavy atom. The van der Waals surface area contributed by atoms with Crippen molar-refractivity contribution in [2.24, 2.45) is 4.99 Å². The summed E-state index contributed by atoms with van der Waals surface area (Å²) < 4.78 is 5.75. The van der Waals surface area contributed by atoms with Crippen LogP contribution in [-0.2, 0) is 6.54 Å². The summed E-state index contributed by atoms with van der Waals surface area (Å²) in [5.74, 6) is 1.55. The van der Waals surface area contributed by atoms with Crippen LogP contribution in [0.3, 0.4) is 0 Å². The van der Waals surface area contributed by atoms with Crippen LogP contribution >= 0.6 is 24.0 Å². The zero-order valence-corrected chi connectivity index (χ0v) is 20.8. The van der Waals surface area contributed by atoms with Crippen molar-refractivity contribution in [3.8, 4) is 5.75 Å². The summed E-state index contributed by atoms with van der Waals surface area (Å²) in [4.78, 5) is 18.7. The van der Waals surface area contributed by atoms with E-state index in [1.165, 1.54) is 0 Å². The molecule has 2 aromatic rings. The molecule has 164 valence electrons. The van der Waals surface area contributed by atoms with Crippen molar-refractivity contribution in [2.45, 2.75) is 32.9 Å². The summed E-state index contributed by atoms with van der Waals surface area (Å²) in [5.41, 5.74) is 1.40. The normalized spacial score (nSPS) is 11.3. The Balaban J connectivity index is 0.00000450. The maximum Gasteiger partial charge on any atom is 0.251 e. The lowest BCUT2D eigenvalue weighted by atomic mass is 10.1. The van der Waals surface area contributed by atoms with E-state index in [4.69, 9.17) is 4.74 Å². The highest BCUT2D eigenvalue weighted by atomic mass is 127. The third-order valence-corrected chi connectivity index (χ3v) is 4.14. The van der Waals surface area contributed by atoms with Crippen LogP contribution in [0.25, 0.3) is 0 Å². The van der Waals surface area contributed by atoms with Gasteiger partial charge in [0.15, 0.2) is 5.96 Å². The maximum absolute atomic E-state index is 12.4. The molecule has 0 saturated heterocycles. The van der Waals surface area contributed by atoms with Gasteiger partial charge in [0.25, 0.3) is 5.91 Å². The molecule has 0 aromatic heterocycles. The van der Waals surface area contributed by atoms with Gasteiger partial charge in [-0.3, -0.25) is 9.79 Å². The Kier molecular flexibility index (Phi) is 10.7. The molecule has 2 N–H and O–H groups in total. The number of guanidine groups is 1. The zero-order valence-electron chi connectivity index (χ0n) is 18.4. The smallest absolute Gasteiger partial charge is 0.251 e. The molecule has 0 bridgehead atoms. The van der Waals surface area contributed by atoms with Gasteiger partial charge in [0.2, 0.25) is 0 Å². The lowest BCUT2D eigenvalue weighted by molar-refractivity contribution is 0.0919. The fourth-order valence-corrected chi connectivity index (χ4v) is 2.72. The van der Waals surface area contributed by atoms with Gasteiger partial charge in [-0.05, 0) is 50.6 Å². The minimum absolute atomic E-state index is 0. The van der Waals surface area contributed by atoms with Crippen LogP contribution in [-0.4, -0.2) is 49.6 Å². The Bertz CT molecular complexity index is 819. The Hall–Kier alpha value is -2.29.